The summed E-state index contributed by atoms with van der Waals surface area (Å²) >= 11 is 0. The first-order valence-corrected chi connectivity index (χ1v) is 10.3. The van der Waals surface area contributed by atoms with Gasteiger partial charge in [-0.2, -0.15) is 0 Å². The topological polar surface area (TPSA) is 73.9 Å². The van der Waals surface area contributed by atoms with Crippen LogP contribution < -0.4 is 15.5 Å². The first-order chi connectivity index (χ1) is 14.8. The first-order valence-electron chi connectivity index (χ1n) is 10.3. The van der Waals surface area contributed by atoms with Crippen molar-refractivity contribution < 1.29 is 18.7 Å². The molecule has 8 heteroatoms. The Kier molecular flexibility index (Phi) is 7.59. The van der Waals surface area contributed by atoms with Gasteiger partial charge >= 0.3 is 0 Å². The lowest BCUT2D eigenvalue weighted by molar-refractivity contribution is -0.122. The lowest BCUT2D eigenvalue weighted by Crippen LogP contribution is -2.43. The van der Waals surface area contributed by atoms with Crippen molar-refractivity contribution in [3.63, 3.8) is 0 Å². The zero-order valence-electron chi connectivity index (χ0n) is 18.2. The molecule has 7 nitrogen and oxygen atoms in total. The fourth-order valence-corrected chi connectivity index (χ4v) is 3.31. The van der Waals surface area contributed by atoms with Crippen LogP contribution in [0.5, 0.6) is 0 Å². The van der Waals surface area contributed by atoms with Gasteiger partial charge in [0, 0.05) is 30.2 Å². The zero-order valence-corrected chi connectivity index (χ0v) is 18.2. The summed E-state index contributed by atoms with van der Waals surface area (Å²) in [6, 6.07) is 11.3. The third-order valence-electron chi connectivity index (χ3n) is 5.42. The highest BCUT2D eigenvalue weighted by atomic mass is 19.1. The number of carbonyl (C=O) groups excluding carboxylic acids is 2. The average molecular weight is 429 g/mol. The van der Waals surface area contributed by atoms with Crippen LogP contribution in [0.1, 0.15) is 12.5 Å². The number of nitrogens with zero attached hydrogens (tertiary/aromatic N) is 2. The fourth-order valence-electron chi connectivity index (χ4n) is 3.31. The van der Waals surface area contributed by atoms with E-state index in [-0.39, 0.29) is 18.4 Å². The van der Waals surface area contributed by atoms with E-state index in [1.807, 2.05) is 24.3 Å². The molecule has 3 rings (SSSR count). The van der Waals surface area contributed by atoms with Crippen molar-refractivity contribution in [2.75, 3.05) is 55.4 Å². The zero-order chi connectivity index (χ0) is 22.4. The van der Waals surface area contributed by atoms with E-state index in [0.29, 0.717) is 11.4 Å². The maximum atomic E-state index is 13.4. The molecule has 2 amide bonds. The Balaban J connectivity index is 1.51. The van der Waals surface area contributed by atoms with Crippen LogP contribution in [-0.4, -0.2) is 62.7 Å². The number of amides is 2. The van der Waals surface area contributed by atoms with E-state index in [2.05, 4.69) is 15.5 Å². The molecule has 0 aliphatic carbocycles. The second kappa shape index (κ2) is 10.4. The van der Waals surface area contributed by atoms with E-state index < -0.39 is 11.9 Å². The summed E-state index contributed by atoms with van der Waals surface area (Å²) < 4.78 is 18.8. The quantitative estimate of drug-likeness (QED) is 0.710. The molecule has 1 aliphatic heterocycles. The number of halogens is 1. The molecule has 31 heavy (non-hydrogen) atoms. The maximum absolute atomic E-state index is 13.4. The van der Waals surface area contributed by atoms with Crippen molar-refractivity contribution in [2.45, 2.75) is 19.9 Å². The summed E-state index contributed by atoms with van der Waals surface area (Å²) in [4.78, 5) is 28.8. The van der Waals surface area contributed by atoms with Crippen LogP contribution in [0.4, 0.5) is 21.5 Å². The molecule has 0 spiro atoms. The molecule has 1 saturated heterocycles. The highest BCUT2D eigenvalue weighted by Crippen LogP contribution is 2.19. The standard InChI is InChI=1S/C23H29FN4O3/c1-16-4-5-18(24)14-21(16)26-23(30)17(2)27(3)15-22(29)25-19-6-8-20(9-7-19)28-10-12-31-13-11-28/h4-9,14,17H,10-13,15H2,1-3H3,(H,25,29)(H,26,30). The van der Waals surface area contributed by atoms with Gasteiger partial charge in [-0.05, 0) is 62.9 Å². The minimum absolute atomic E-state index is 0.0436. The van der Waals surface area contributed by atoms with Gasteiger partial charge in [0.05, 0.1) is 25.8 Å². The van der Waals surface area contributed by atoms with Crippen LogP contribution in [0.15, 0.2) is 42.5 Å². The Bertz CT molecular complexity index is 914. The van der Waals surface area contributed by atoms with Gasteiger partial charge in [0.15, 0.2) is 0 Å². The summed E-state index contributed by atoms with van der Waals surface area (Å²) in [6.45, 7) is 6.68. The summed E-state index contributed by atoms with van der Waals surface area (Å²) in [5, 5.41) is 5.58. The molecule has 1 unspecified atom stereocenters. The van der Waals surface area contributed by atoms with Crippen LogP contribution >= 0.6 is 0 Å². The minimum atomic E-state index is -0.572. The number of hydrogen-bond acceptors (Lipinski definition) is 5. The second-order valence-corrected chi connectivity index (χ2v) is 7.73. The first kappa shape index (κ1) is 22.7. The number of rotatable bonds is 7. The molecular formula is C23H29FN4O3. The van der Waals surface area contributed by atoms with E-state index >= 15 is 0 Å². The van der Waals surface area contributed by atoms with Crippen molar-refractivity contribution >= 4 is 28.9 Å². The Morgan fingerprint density at radius 2 is 1.81 bits per heavy atom. The molecule has 1 atom stereocenters. The van der Waals surface area contributed by atoms with Gasteiger partial charge in [-0.3, -0.25) is 14.5 Å². The molecule has 2 aromatic carbocycles. The van der Waals surface area contributed by atoms with Crippen LogP contribution in [0.2, 0.25) is 0 Å². The molecular weight excluding hydrogens is 399 g/mol. The van der Waals surface area contributed by atoms with E-state index in [9.17, 15) is 14.0 Å². The highest BCUT2D eigenvalue weighted by molar-refractivity contribution is 5.96. The van der Waals surface area contributed by atoms with Crippen molar-refractivity contribution in [1.82, 2.24) is 4.90 Å². The van der Waals surface area contributed by atoms with Gasteiger partial charge < -0.3 is 20.3 Å². The number of carbonyl (C=O) groups is 2. The molecule has 1 heterocycles. The molecule has 1 aliphatic rings. The van der Waals surface area contributed by atoms with Crippen molar-refractivity contribution in [3.05, 3.63) is 53.8 Å². The number of likely N-dealkylation sites (N-methyl/N-ethyl adjacent to an activating group) is 1. The average Bonchev–Trinajstić information content (AvgIpc) is 2.76. The number of morpholine rings is 1. The molecule has 0 radical (unpaired) electrons. The number of anilines is 3. The number of aryl methyl sites for hydroxylation is 1. The second-order valence-electron chi connectivity index (χ2n) is 7.73. The lowest BCUT2D eigenvalue weighted by Gasteiger charge is -2.29. The molecule has 1 fully saturated rings. The van der Waals surface area contributed by atoms with Gasteiger partial charge in [-0.1, -0.05) is 6.07 Å². The van der Waals surface area contributed by atoms with E-state index in [1.165, 1.54) is 12.1 Å². The third-order valence-corrected chi connectivity index (χ3v) is 5.42. The van der Waals surface area contributed by atoms with E-state index in [0.717, 1.165) is 37.6 Å². The number of benzene rings is 2. The Labute approximate surface area is 182 Å². The van der Waals surface area contributed by atoms with Crippen LogP contribution in [0, 0.1) is 12.7 Å². The summed E-state index contributed by atoms with van der Waals surface area (Å²) in [5.41, 5.74) is 2.98. The highest BCUT2D eigenvalue weighted by Gasteiger charge is 2.21. The van der Waals surface area contributed by atoms with Gasteiger partial charge in [0.25, 0.3) is 0 Å². The van der Waals surface area contributed by atoms with E-state index in [1.54, 1.807) is 31.9 Å². The van der Waals surface area contributed by atoms with Crippen LogP contribution in [0.3, 0.4) is 0 Å². The normalized spacial score (nSPS) is 14.9. The number of nitrogens with one attached hydrogen (secondary N) is 2. The van der Waals surface area contributed by atoms with Gasteiger partial charge in [-0.25, -0.2) is 4.39 Å². The van der Waals surface area contributed by atoms with Crippen LogP contribution in [-0.2, 0) is 14.3 Å². The summed E-state index contributed by atoms with van der Waals surface area (Å²) in [5.74, 6) is -0.942. The largest absolute Gasteiger partial charge is 0.378 e. The summed E-state index contributed by atoms with van der Waals surface area (Å²) in [7, 11) is 1.70. The molecule has 2 aromatic rings. The van der Waals surface area contributed by atoms with E-state index in [4.69, 9.17) is 4.74 Å². The molecule has 0 aromatic heterocycles. The predicted octanol–water partition coefficient (Wildman–Crippen LogP) is 2.87. The third kappa shape index (κ3) is 6.26. The van der Waals surface area contributed by atoms with Crippen molar-refractivity contribution in [2.24, 2.45) is 0 Å². The number of hydrogen-bond donors (Lipinski definition) is 2. The van der Waals surface area contributed by atoms with Gasteiger partial charge in [-0.15, -0.1) is 0 Å². The predicted molar refractivity (Wildman–Crippen MR) is 120 cm³/mol. The van der Waals surface area contributed by atoms with Gasteiger partial charge in [0.1, 0.15) is 5.82 Å². The maximum Gasteiger partial charge on any atom is 0.241 e. The van der Waals surface area contributed by atoms with Gasteiger partial charge in [0.2, 0.25) is 11.8 Å². The van der Waals surface area contributed by atoms with Crippen molar-refractivity contribution in [3.8, 4) is 0 Å². The smallest absolute Gasteiger partial charge is 0.241 e. The lowest BCUT2D eigenvalue weighted by atomic mass is 10.2. The SMILES string of the molecule is Cc1ccc(F)cc1NC(=O)C(C)N(C)CC(=O)Nc1ccc(N2CCOCC2)cc1. The van der Waals surface area contributed by atoms with Crippen LogP contribution in [0.25, 0.3) is 0 Å². The molecule has 0 bridgehead atoms. The monoisotopic (exact) mass is 428 g/mol. The Morgan fingerprint density at radius 3 is 2.48 bits per heavy atom. The molecule has 2 N–H and O–H groups in total. The fraction of sp³-hybridized carbons (Fsp3) is 0.391. The Hall–Kier alpha value is -2.97. The van der Waals surface area contributed by atoms with Crippen molar-refractivity contribution in [1.29, 1.82) is 0 Å². The molecule has 0 saturated carbocycles. The number of ether oxygens (including phenoxy) is 1. The summed E-state index contributed by atoms with van der Waals surface area (Å²) in [6.07, 6.45) is 0. The Morgan fingerprint density at radius 1 is 1.13 bits per heavy atom. The molecule has 166 valence electrons. The minimum Gasteiger partial charge on any atom is -0.378 e.